The number of nitrogens with zero attached hydrogens (tertiary/aromatic N) is 1. The van der Waals surface area contributed by atoms with Crippen molar-refractivity contribution in [2.24, 2.45) is 0 Å². The number of ether oxygens (including phenoxy) is 1. The predicted octanol–water partition coefficient (Wildman–Crippen LogP) is 4.85. The number of hydrogen-bond acceptors (Lipinski definition) is 4. The van der Waals surface area contributed by atoms with E-state index >= 15 is 0 Å². The van der Waals surface area contributed by atoms with Crippen molar-refractivity contribution < 1.29 is 9.53 Å². The molecular formula is C22H18N2O2. The van der Waals surface area contributed by atoms with Gasteiger partial charge in [-0.05, 0) is 46.7 Å². The van der Waals surface area contributed by atoms with E-state index in [1.807, 2.05) is 30.3 Å². The average Bonchev–Trinajstić information content (AvgIpc) is 2.68. The molecule has 1 heterocycles. The fourth-order valence-electron chi connectivity index (χ4n) is 3.04. The molecule has 0 saturated carbocycles. The Hall–Kier alpha value is -3.40. The Balaban J connectivity index is 1.56. The van der Waals surface area contributed by atoms with Crippen LogP contribution in [-0.2, 0) is 16.0 Å². The average molecular weight is 342 g/mol. The lowest BCUT2D eigenvalue weighted by molar-refractivity contribution is -0.128. The summed E-state index contributed by atoms with van der Waals surface area (Å²) in [6, 6.07) is 24.7. The summed E-state index contributed by atoms with van der Waals surface area (Å²) in [5, 5.41) is 6.81. The predicted molar refractivity (Wildman–Crippen MR) is 105 cm³/mol. The van der Waals surface area contributed by atoms with Gasteiger partial charge in [0.05, 0.1) is 12.1 Å². The molecule has 0 saturated heterocycles. The van der Waals surface area contributed by atoms with Gasteiger partial charge in [-0.3, -0.25) is 4.79 Å². The van der Waals surface area contributed by atoms with Gasteiger partial charge in [0.25, 0.3) is 6.47 Å². The molecule has 0 aliphatic carbocycles. The van der Waals surface area contributed by atoms with E-state index < -0.39 is 0 Å². The molecule has 0 bridgehead atoms. The van der Waals surface area contributed by atoms with E-state index in [0.29, 0.717) is 13.1 Å². The van der Waals surface area contributed by atoms with E-state index in [0.717, 1.165) is 45.2 Å². The topological polar surface area (TPSA) is 51.2 Å². The summed E-state index contributed by atoms with van der Waals surface area (Å²) in [5.74, 6) is 0.825. The number of rotatable bonds is 6. The quantitative estimate of drug-likeness (QED) is 0.402. The molecule has 4 heteroatoms. The smallest absolute Gasteiger partial charge is 0.293 e. The molecule has 0 aliphatic heterocycles. The van der Waals surface area contributed by atoms with Crippen molar-refractivity contribution in [1.82, 2.24) is 4.98 Å². The van der Waals surface area contributed by atoms with Gasteiger partial charge in [0, 0.05) is 17.5 Å². The monoisotopic (exact) mass is 342 g/mol. The number of anilines is 2. The second-order valence-corrected chi connectivity index (χ2v) is 6.13. The van der Waals surface area contributed by atoms with E-state index in [1.54, 1.807) is 0 Å². The van der Waals surface area contributed by atoms with Gasteiger partial charge in [0.1, 0.15) is 5.82 Å². The van der Waals surface area contributed by atoms with Gasteiger partial charge >= 0.3 is 0 Å². The maximum Gasteiger partial charge on any atom is 0.293 e. The molecule has 4 nitrogen and oxygen atoms in total. The largest absolute Gasteiger partial charge is 0.468 e. The summed E-state index contributed by atoms with van der Waals surface area (Å²) in [6.45, 7) is 0.891. The summed E-state index contributed by atoms with van der Waals surface area (Å²) < 4.78 is 4.77. The van der Waals surface area contributed by atoms with Gasteiger partial charge in [0.15, 0.2) is 0 Å². The van der Waals surface area contributed by atoms with Crippen molar-refractivity contribution in [2.45, 2.75) is 6.42 Å². The minimum absolute atomic E-state index is 0.405. The molecule has 1 N–H and O–H groups in total. The molecule has 0 spiro atoms. The molecule has 4 aromatic rings. The molecule has 0 unspecified atom stereocenters. The number of aromatic nitrogens is 1. The van der Waals surface area contributed by atoms with Crippen LogP contribution in [0.4, 0.5) is 11.5 Å². The van der Waals surface area contributed by atoms with Crippen molar-refractivity contribution in [3.05, 3.63) is 78.4 Å². The van der Waals surface area contributed by atoms with Crippen LogP contribution in [0.2, 0.25) is 0 Å². The van der Waals surface area contributed by atoms with Crippen LogP contribution in [0.1, 0.15) is 5.56 Å². The molecule has 1 aromatic heterocycles. The molecular weight excluding hydrogens is 324 g/mol. The van der Waals surface area contributed by atoms with E-state index in [9.17, 15) is 4.79 Å². The maximum absolute atomic E-state index is 10.2. The molecule has 128 valence electrons. The number of fused-ring (bicyclic) bond motifs is 2. The summed E-state index contributed by atoms with van der Waals surface area (Å²) in [5.41, 5.74) is 3.12. The summed E-state index contributed by atoms with van der Waals surface area (Å²) in [6.07, 6.45) is 0.718. The van der Waals surface area contributed by atoms with Crippen LogP contribution in [0.3, 0.4) is 0 Å². The van der Waals surface area contributed by atoms with Crippen LogP contribution in [0, 0.1) is 0 Å². The second kappa shape index (κ2) is 7.23. The number of carbonyl (C=O) groups is 1. The lowest BCUT2D eigenvalue weighted by Gasteiger charge is -2.09. The van der Waals surface area contributed by atoms with Crippen molar-refractivity contribution in [2.75, 3.05) is 11.9 Å². The molecule has 0 radical (unpaired) electrons. The molecule has 3 aromatic carbocycles. The molecule has 26 heavy (non-hydrogen) atoms. The van der Waals surface area contributed by atoms with Crippen LogP contribution in [-0.4, -0.2) is 18.1 Å². The Morgan fingerprint density at radius 1 is 0.885 bits per heavy atom. The summed E-state index contributed by atoms with van der Waals surface area (Å²) in [4.78, 5) is 14.9. The molecule has 4 rings (SSSR count). The van der Waals surface area contributed by atoms with Gasteiger partial charge in [-0.1, -0.05) is 42.5 Å². The van der Waals surface area contributed by atoms with E-state index in [2.05, 4.69) is 52.8 Å². The first kappa shape index (κ1) is 16.1. The molecule has 0 atom stereocenters. The summed E-state index contributed by atoms with van der Waals surface area (Å²) in [7, 11) is 0. The number of pyridine rings is 1. The van der Waals surface area contributed by atoms with E-state index in [-0.39, 0.29) is 0 Å². The zero-order valence-electron chi connectivity index (χ0n) is 14.2. The Morgan fingerprint density at radius 2 is 1.69 bits per heavy atom. The van der Waals surface area contributed by atoms with Crippen LogP contribution in [0.25, 0.3) is 21.7 Å². The van der Waals surface area contributed by atoms with Gasteiger partial charge < -0.3 is 10.1 Å². The van der Waals surface area contributed by atoms with Crippen molar-refractivity contribution >= 4 is 39.7 Å². The number of benzene rings is 3. The number of carbonyl (C=O) groups excluding carboxylic acids is 1. The van der Waals surface area contributed by atoms with Gasteiger partial charge in [-0.2, -0.15) is 0 Å². The van der Waals surface area contributed by atoms with Crippen molar-refractivity contribution in [3.63, 3.8) is 0 Å². The zero-order valence-corrected chi connectivity index (χ0v) is 14.2. The summed E-state index contributed by atoms with van der Waals surface area (Å²) >= 11 is 0. The number of nitrogens with one attached hydrogen (secondary N) is 1. The number of para-hydroxylation sites is 1. The minimum Gasteiger partial charge on any atom is -0.468 e. The fourth-order valence-corrected chi connectivity index (χ4v) is 3.04. The van der Waals surface area contributed by atoms with Gasteiger partial charge in [-0.15, -0.1) is 0 Å². The molecule has 0 fully saturated rings. The first-order valence-corrected chi connectivity index (χ1v) is 8.52. The van der Waals surface area contributed by atoms with Crippen molar-refractivity contribution in [1.29, 1.82) is 0 Å². The highest BCUT2D eigenvalue weighted by atomic mass is 16.5. The Bertz CT molecular complexity index is 1080. The third kappa shape index (κ3) is 3.49. The Labute approximate surface area is 151 Å². The second-order valence-electron chi connectivity index (χ2n) is 6.13. The van der Waals surface area contributed by atoms with E-state index in [1.165, 1.54) is 0 Å². The van der Waals surface area contributed by atoms with Crippen LogP contribution >= 0.6 is 0 Å². The third-order valence-electron chi connectivity index (χ3n) is 4.35. The van der Waals surface area contributed by atoms with Gasteiger partial charge in [0.2, 0.25) is 0 Å². The normalized spacial score (nSPS) is 10.8. The highest BCUT2D eigenvalue weighted by Crippen LogP contribution is 2.24. The van der Waals surface area contributed by atoms with Gasteiger partial charge in [-0.25, -0.2) is 4.98 Å². The molecule has 0 aliphatic rings. The minimum atomic E-state index is 0.405. The number of hydrogen-bond donors (Lipinski definition) is 1. The standard InChI is InChI=1S/C22H18N2O2/c25-15-26-12-11-16-5-6-19-14-20(9-7-18(19)13-16)23-22-10-8-17-3-1-2-4-21(17)24-22/h1-10,13-15H,11-12H2,(H,23,24). The van der Waals surface area contributed by atoms with Crippen molar-refractivity contribution in [3.8, 4) is 0 Å². The fraction of sp³-hybridized carbons (Fsp3) is 0.0909. The highest BCUT2D eigenvalue weighted by molar-refractivity contribution is 5.87. The zero-order chi connectivity index (χ0) is 17.8. The van der Waals surface area contributed by atoms with Crippen LogP contribution in [0.5, 0.6) is 0 Å². The highest BCUT2D eigenvalue weighted by Gasteiger charge is 2.02. The first-order chi connectivity index (χ1) is 12.8. The lowest BCUT2D eigenvalue weighted by atomic mass is 10.0. The van der Waals surface area contributed by atoms with Crippen LogP contribution < -0.4 is 5.32 Å². The van der Waals surface area contributed by atoms with E-state index in [4.69, 9.17) is 4.74 Å². The third-order valence-corrected chi connectivity index (χ3v) is 4.35. The Kier molecular flexibility index (Phi) is 4.48. The first-order valence-electron chi connectivity index (χ1n) is 8.52. The maximum atomic E-state index is 10.2. The van der Waals surface area contributed by atoms with Crippen LogP contribution in [0.15, 0.2) is 72.8 Å². The molecule has 0 amide bonds. The SMILES string of the molecule is O=COCCc1ccc2cc(Nc3ccc4ccccc4n3)ccc2c1. The lowest BCUT2D eigenvalue weighted by Crippen LogP contribution is -1.96. The Morgan fingerprint density at radius 3 is 2.62 bits per heavy atom.